The number of nitrogen functional groups attached to an aromatic ring is 2. The average Bonchev–Trinajstić information content (AvgIpc) is 2.44. The zero-order valence-corrected chi connectivity index (χ0v) is 14.0. The summed E-state index contributed by atoms with van der Waals surface area (Å²) in [7, 11) is 0. The summed E-state index contributed by atoms with van der Waals surface area (Å²) >= 11 is 1.95. The summed E-state index contributed by atoms with van der Waals surface area (Å²) in [5, 5.41) is 0. The third kappa shape index (κ3) is 9.50. The number of hydrogen-bond acceptors (Lipinski definition) is 6. The van der Waals surface area contributed by atoms with Crippen LogP contribution in [-0.2, 0) is 6.42 Å². The molecule has 0 unspecified atom stereocenters. The van der Waals surface area contributed by atoms with Gasteiger partial charge in [0, 0.05) is 12.2 Å². The van der Waals surface area contributed by atoms with Crippen LogP contribution in [0.3, 0.4) is 0 Å². The largest absolute Gasteiger partial charge is 0.368 e. The lowest BCUT2D eigenvalue weighted by Crippen LogP contribution is -2.07. The van der Waals surface area contributed by atoms with Crippen molar-refractivity contribution in [2.45, 2.75) is 64.7 Å². The number of unbranched alkanes of at least 4 members (excludes halogenated alkanes) is 7. The quantitative estimate of drug-likeness (QED) is 0.574. The predicted molar refractivity (Wildman–Crippen MR) is 92.3 cm³/mol. The molecule has 0 atom stereocenters. The Morgan fingerprint density at radius 1 is 0.762 bits per heavy atom. The average molecular weight is 311 g/mol. The summed E-state index contributed by atoms with van der Waals surface area (Å²) in [6.07, 6.45) is 11.8. The molecular formula is C15H29N5S. The highest BCUT2D eigenvalue weighted by atomic mass is 32.2. The Hall–Kier alpha value is -1.04. The van der Waals surface area contributed by atoms with Crippen molar-refractivity contribution in [2.75, 3.05) is 23.0 Å². The first kappa shape index (κ1) is 18.0. The lowest BCUT2D eigenvalue weighted by atomic mass is 10.1. The SMILES string of the molecule is CCCCCCCCCCSCCc1nc(N)nc(N)n1. The van der Waals surface area contributed by atoms with Gasteiger partial charge in [-0.3, -0.25) is 0 Å². The van der Waals surface area contributed by atoms with E-state index in [1.165, 1.54) is 57.1 Å². The van der Waals surface area contributed by atoms with Gasteiger partial charge in [0.2, 0.25) is 11.9 Å². The molecule has 0 amide bonds. The summed E-state index contributed by atoms with van der Waals surface area (Å²) in [5.41, 5.74) is 11.1. The first-order chi connectivity index (χ1) is 10.2. The van der Waals surface area contributed by atoms with Crippen molar-refractivity contribution < 1.29 is 0 Å². The maximum atomic E-state index is 5.54. The van der Waals surface area contributed by atoms with Gasteiger partial charge < -0.3 is 11.5 Å². The second-order valence-electron chi connectivity index (χ2n) is 5.31. The van der Waals surface area contributed by atoms with Crippen LogP contribution in [0.5, 0.6) is 0 Å². The number of rotatable bonds is 12. The molecule has 0 aliphatic heterocycles. The van der Waals surface area contributed by atoms with E-state index in [0.717, 1.165) is 12.2 Å². The molecule has 5 nitrogen and oxygen atoms in total. The summed E-state index contributed by atoms with van der Waals surface area (Å²) in [6, 6.07) is 0. The number of anilines is 2. The summed E-state index contributed by atoms with van der Waals surface area (Å²) in [4.78, 5) is 11.9. The van der Waals surface area contributed by atoms with Gasteiger partial charge in [-0.05, 0) is 12.2 Å². The fourth-order valence-corrected chi connectivity index (χ4v) is 3.11. The second-order valence-corrected chi connectivity index (χ2v) is 6.53. The fourth-order valence-electron chi connectivity index (χ4n) is 2.17. The molecule has 0 aromatic carbocycles. The molecule has 1 aromatic rings. The Balaban J connectivity index is 1.93. The minimum atomic E-state index is 0.213. The standard InChI is InChI=1S/C15H29N5S/c1-2-3-4-5-6-7-8-9-11-21-12-10-13-18-14(16)20-15(17)19-13/h2-12H2,1H3,(H4,16,17,18,19,20). The molecule has 0 radical (unpaired) electrons. The number of nitrogens with two attached hydrogens (primary N) is 2. The van der Waals surface area contributed by atoms with Crippen LogP contribution in [0.4, 0.5) is 11.9 Å². The second kappa shape index (κ2) is 11.6. The van der Waals surface area contributed by atoms with E-state index in [1.54, 1.807) is 0 Å². The van der Waals surface area contributed by atoms with Crippen molar-refractivity contribution in [1.29, 1.82) is 0 Å². The fraction of sp³-hybridized carbons (Fsp3) is 0.800. The molecule has 120 valence electrons. The highest BCUT2D eigenvalue weighted by molar-refractivity contribution is 7.99. The maximum absolute atomic E-state index is 5.54. The van der Waals surface area contributed by atoms with Gasteiger partial charge in [-0.2, -0.15) is 26.7 Å². The molecule has 6 heteroatoms. The zero-order valence-electron chi connectivity index (χ0n) is 13.2. The van der Waals surface area contributed by atoms with Crippen LogP contribution < -0.4 is 11.5 Å². The Bertz CT molecular complexity index is 366. The van der Waals surface area contributed by atoms with E-state index in [4.69, 9.17) is 11.5 Å². The highest BCUT2D eigenvalue weighted by Gasteiger charge is 2.01. The van der Waals surface area contributed by atoms with Gasteiger partial charge in [-0.1, -0.05) is 51.9 Å². The smallest absolute Gasteiger partial charge is 0.225 e. The van der Waals surface area contributed by atoms with Crippen LogP contribution in [0.2, 0.25) is 0 Å². The van der Waals surface area contributed by atoms with Crippen LogP contribution in [0, 0.1) is 0 Å². The normalized spacial score (nSPS) is 10.9. The van der Waals surface area contributed by atoms with Gasteiger partial charge in [0.25, 0.3) is 0 Å². The molecule has 0 saturated carbocycles. The van der Waals surface area contributed by atoms with E-state index < -0.39 is 0 Å². The van der Waals surface area contributed by atoms with E-state index in [2.05, 4.69) is 21.9 Å². The van der Waals surface area contributed by atoms with E-state index in [1.807, 2.05) is 11.8 Å². The molecule has 0 fully saturated rings. The van der Waals surface area contributed by atoms with Gasteiger partial charge in [0.15, 0.2) is 0 Å². The Kier molecular flexibility index (Phi) is 9.95. The summed E-state index contributed by atoms with van der Waals surface area (Å²) in [5.74, 6) is 3.35. The van der Waals surface area contributed by atoms with Crippen molar-refractivity contribution in [3.05, 3.63) is 5.82 Å². The molecule has 0 aliphatic carbocycles. The molecule has 0 saturated heterocycles. The van der Waals surface area contributed by atoms with E-state index in [-0.39, 0.29) is 11.9 Å². The first-order valence-corrected chi connectivity index (χ1v) is 9.21. The van der Waals surface area contributed by atoms with Crippen molar-refractivity contribution in [2.24, 2.45) is 0 Å². The number of aromatic nitrogens is 3. The van der Waals surface area contributed by atoms with Crippen molar-refractivity contribution >= 4 is 23.7 Å². The molecule has 1 rings (SSSR count). The van der Waals surface area contributed by atoms with E-state index in [9.17, 15) is 0 Å². The van der Waals surface area contributed by atoms with Crippen LogP contribution in [-0.4, -0.2) is 26.5 Å². The van der Waals surface area contributed by atoms with Crippen LogP contribution in [0.25, 0.3) is 0 Å². The maximum Gasteiger partial charge on any atom is 0.225 e. The molecule has 1 heterocycles. The molecule has 0 spiro atoms. The number of nitrogens with zero attached hydrogens (tertiary/aromatic N) is 3. The van der Waals surface area contributed by atoms with Crippen LogP contribution in [0.15, 0.2) is 0 Å². The van der Waals surface area contributed by atoms with Crippen molar-refractivity contribution in [1.82, 2.24) is 15.0 Å². The summed E-state index contributed by atoms with van der Waals surface area (Å²) < 4.78 is 0. The summed E-state index contributed by atoms with van der Waals surface area (Å²) in [6.45, 7) is 2.26. The highest BCUT2D eigenvalue weighted by Crippen LogP contribution is 2.12. The van der Waals surface area contributed by atoms with Crippen LogP contribution in [0.1, 0.15) is 64.1 Å². The Labute approximate surface area is 132 Å². The van der Waals surface area contributed by atoms with Gasteiger partial charge in [0.05, 0.1) is 0 Å². The molecule has 1 aromatic heterocycles. The topological polar surface area (TPSA) is 90.7 Å². The first-order valence-electron chi connectivity index (χ1n) is 8.06. The Morgan fingerprint density at radius 2 is 1.33 bits per heavy atom. The molecule has 0 aliphatic rings. The number of aryl methyl sites for hydroxylation is 1. The number of hydrogen-bond donors (Lipinski definition) is 2. The minimum Gasteiger partial charge on any atom is -0.368 e. The van der Waals surface area contributed by atoms with Crippen molar-refractivity contribution in [3.63, 3.8) is 0 Å². The molecule has 21 heavy (non-hydrogen) atoms. The monoisotopic (exact) mass is 311 g/mol. The minimum absolute atomic E-state index is 0.213. The third-order valence-corrected chi connectivity index (χ3v) is 4.40. The van der Waals surface area contributed by atoms with Gasteiger partial charge in [0.1, 0.15) is 5.82 Å². The Morgan fingerprint density at radius 3 is 1.95 bits per heavy atom. The zero-order chi connectivity index (χ0) is 15.3. The van der Waals surface area contributed by atoms with Gasteiger partial charge >= 0.3 is 0 Å². The lowest BCUT2D eigenvalue weighted by molar-refractivity contribution is 0.586. The molecular weight excluding hydrogens is 282 g/mol. The number of thioether (sulfide) groups is 1. The van der Waals surface area contributed by atoms with Crippen LogP contribution >= 0.6 is 11.8 Å². The van der Waals surface area contributed by atoms with E-state index >= 15 is 0 Å². The lowest BCUT2D eigenvalue weighted by Gasteiger charge is -2.03. The van der Waals surface area contributed by atoms with Crippen molar-refractivity contribution in [3.8, 4) is 0 Å². The molecule has 0 bridgehead atoms. The molecule has 4 N–H and O–H groups in total. The predicted octanol–water partition coefficient (Wildman–Crippen LogP) is 3.45. The van der Waals surface area contributed by atoms with Gasteiger partial charge in [-0.15, -0.1) is 0 Å². The van der Waals surface area contributed by atoms with Gasteiger partial charge in [-0.25, -0.2) is 0 Å². The van der Waals surface area contributed by atoms with E-state index in [0.29, 0.717) is 5.82 Å². The third-order valence-electron chi connectivity index (χ3n) is 3.33.